The summed E-state index contributed by atoms with van der Waals surface area (Å²) in [6, 6.07) is 22.2. The maximum absolute atomic E-state index is 13.5. The molecule has 0 unspecified atom stereocenters. The molecule has 1 aliphatic rings. The number of rotatable bonds is 9. The van der Waals surface area contributed by atoms with E-state index in [0.717, 1.165) is 15.3 Å². The number of benzene rings is 2. The van der Waals surface area contributed by atoms with E-state index < -0.39 is 17.7 Å². The van der Waals surface area contributed by atoms with Gasteiger partial charge in [0.2, 0.25) is 0 Å². The predicted octanol–water partition coefficient (Wildman–Crippen LogP) is 3.32. The molecule has 2 heterocycles. The van der Waals surface area contributed by atoms with E-state index in [2.05, 4.69) is 5.32 Å². The van der Waals surface area contributed by atoms with Crippen molar-refractivity contribution in [1.29, 1.82) is 0 Å². The summed E-state index contributed by atoms with van der Waals surface area (Å²) in [7, 11) is 0. The summed E-state index contributed by atoms with van der Waals surface area (Å²) in [6.45, 7) is 0.293. The van der Waals surface area contributed by atoms with Crippen molar-refractivity contribution in [1.82, 2.24) is 10.2 Å². The van der Waals surface area contributed by atoms with E-state index in [1.54, 1.807) is 11.3 Å². The SMILES string of the molecule is O=C1N[C@@](Cc2ccccc2)(c2ccccc2)C(=O)N1C[C@H](O)COCc1cccs1. The second-order valence-corrected chi connectivity index (χ2v) is 8.56. The third-order valence-corrected chi connectivity index (χ3v) is 6.13. The fourth-order valence-corrected chi connectivity index (χ4v) is 4.43. The minimum Gasteiger partial charge on any atom is -0.389 e. The lowest BCUT2D eigenvalue weighted by Crippen LogP contribution is -2.46. The van der Waals surface area contributed by atoms with E-state index in [1.807, 2.05) is 78.2 Å². The maximum Gasteiger partial charge on any atom is 0.325 e. The lowest BCUT2D eigenvalue weighted by molar-refractivity contribution is -0.133. The van der Waals surface area contributed by atoms with E-state index in [9.17, 15) is 14.7 Å². The van der Waals surface area contributed by atoms with Gasteiger partial charge in [-0.15, -0.1) is 11.3 Å². The van der Waals surface area contributed by atoms with Crippen LogP contribution in [0.5, 0.6) is 0 Å². The Labute approximate surface area is 185 Å². The molecule has 4 rings (SSSR count). The van der Waals surface area contributed by atoms with Gasteiger partial charge in [0.1, 0.15) is 0 Å². The number of carbonyl (C=O) groups is 2. The van der Waals surface area contributed by atoms with Crippen LogP contribution in [0.1, 0.15) is 16.0 Å². The summed E-state index contributed by atoms with van der Waals surface area (Å²) in [4.78, 5) is 28.5. The van der Waals surface area contributed by atoms with Crippen molar-refractivity contribution in [2.45, 2.75) is 24.7 Å². The van der Waals surface area contributed by atoms with Gasteiger partial charge in [-0.25, -0.2) is 4.79 Å². The van der Waals surface area contributed by atoms with Gasteiger partial charge in [-0.3, -0.25) is 9.69 Å². The number of carbonyl (C=O) groups excluding carboxylic acids is 2. The fraction of sp³-hybridized carbons (Fsp3) is 0.250. The normalized spacial score (nSPS) is 19.5. The fourth-order valence-electron chi connectivity index (χ4n) is 3.79. The molecule has 7 heteroatoms. The van der Waals surface area contributed by atoms with Crippen molar-refractivity contribution in [3.05, 3.63) is 94.2 Å². The van der Waals surface area contributed by atoms with Crippen LogP contribution in [-0.4, -0.2) is 41.2 Å². The number of nitrogens with zero attached hydrogens (tertiary/aromatic N) is 1. The lowest BCUT2D eigenvalue weighted by Gasteiger charge is -2.28. The van der Waals surface area contributed by atoms with Crippen LogP contribution < -0.4 is 5.32 Å². The highest BCUT2D eigenvalue weighted by Crippen LogP contribution is 2.33. The molecule has 1 fully saturated rings. The smallest absolute Gasteiger partial charge is 0.325 e. The zero-order valence-corrected chi connectivity index (χ0v) is 17.8. The van der Waals surface area contributed by atoms with Crippen molar-refractivity contribution < 1.29 is 19.4 Å². The van der Waals surface area contributed by atoms with Gasteiger partial charge in [0.05, 0.1) is 25.9 Å². The molecule has 6 nitrogen and oxygen atoms in total. The second-order valence-electron chi connectivity index (χ2n) is 7.53. The van der Waals surface area contributed by atoms with Crippen molar-refractivity contribution in [3.63, 3.8) is 0 Å². The van der Waals surface area contributed by atoms with E-state index in [4.69, 9.17) is 4.74 Å². The van der Waals surface area contributed by atoms with E-state index in [0.29, 0.717) is 18.6 Å². The molecule has 31 heavy (non-hydrogen) atoms. The van der Waals surface area contributed by atoms with Crippen molar-refractivity contribution in [3.8, 4) is 0 Å². The first-order valence-corrected chi connectivity index (χ1v) is 11.0. The molecule has 1 aliphatic heterocycles. The van der Waals surface area contributed by atoms with Crippen molar-refractivity contribution in [2.75, 3.05) is 13.2 Å². The Balaban J connectivity index is 1.50. The average Bonchev–Trinajstić information content (AvgIpc) is 3.38. The first kappa shape index (κ1) is 21.2. The Morgan fingerprint density at radius 3 is 2.39 bits per heavy atom. The summed E-state index contributed by atoms with van der Waals surface area (Å²) in [5, 5.41) is 15.3. The van der Waals surface area contributed by atoms with Gasteiger partial charge in [0.15, 0.2) is 5.54 Å². The Hall–Kier alpha value is -3.00. The monoisotopic (exact) mass is 436 g/mol. The highest BCUT2D eigenvalue weighted by molar-refractivity contribution is 7.09. The Kier molecular flexibility index (Phi) is 6.46. The van der Waals surface area contributed by atoms with Crippen LogP contribution in [-0.2, 0) is 28.1 Å². The number of urea groups is 1. The van der Waals surface area contributed by atoms with Crippen LogP contribution in [0.3, 0.4) is 0 Å². The van der Waals surface area contributed by atoms with Gasteiger partial charge in [0.25, 0.3) is 5.91 Å². The number of hydrogen-bond donors (Lipinski definition) is 2. The molecule has 0 spiro atoms. The predicted molar refractivity (Wildman–Crippen MR) is 118 cm³/mol. The van der Waals surface area contributed by atoms with Gasteiger partial charge in [0, 0.05) is 11.3 Å². The number of imide groups is 1. The highest BCUT2D eigenvalue weighted by atomic mass is 32.1. The van der Waals surface area contributed by atoms with Crippen molar-refractivity contribution in [2.24, 2.45) is 0 Å². The second kappa shape index (κ2) is 9.43. The highest BCUT2D eigenvalue weighted by Gasteiger charge is 2.52. The van der Waals surface area contributed by atoms with Gasteiger partial charge in [-0.1, -0.05) is 66.7 Å². The number of ether oxygens (including phenoxy) is 1. The minimum absolute atomic E-state index is 0.0337. The molecule has 160 valence electrons. The van der Waals surface area contributed by atoms with Crippen LogP contribution in [0.4, 0.5) is 4.79 Å². The first-order chi connectivity index (χ1) is 15.1. The molecule has 0 radical (unpaired) electrons. The molecule has 0 saturated carbocycles. The van der Waals surface area contributed by atoms with Crippen LogP contribution in [0.2, 0.25) is 0 Å². The third kappa shape index (κ3) is 4.69. The number of aliphatic hydroxyl groups is 1. The topological polar surface area (TPSA) is 78.9 Å². The Morgan fingerprint density at radius 2 is 1.71 bits per heavy atom. The number of hydrogen-bond acceptors (Lipinski definition) is 5. The van der Waals surface area contributed by atoms with Gasteiger partial charge >= 0.3 is 6.03 Å². The minimum atomic E-state index is -1.21. The van der Waals surface area contributed by atoms with Crippen LogP contribution in [0.15, 0.2) is 78.2 Å². The van der Waals surface area contributed by atoms with Gasteiger partial charge in [-0.2, -0.15) is 0 Å². The summed E-state index contributed by atoms with van der Waals surface area (Å²) in [5.41, 5.74) is 0.432. The molecule has 3 amide bonds. The summed E-state index contributed by atoms with van der Waals surface area (Å²) in [5.74, 6) is -0.371. The molecule has 1 saturated heterocycles. The molecule has 1 aromatic heterocycles. The summed E-state index contributed by atoms with van der Waals surface area (Å²) < 4.78 is 5.54. The zero-order chi connectivity index (χ0) is 21.7. The quantitative estimate of drug-likeness (QED) is 0.505. The molecule has 3 aromatic rings. The molecule has 2 aromatic carbocycles. The van der Waals surface area contributed by atoms with Crippen LogP contribution in [0, 0.1) is 0 Å². The lowest BCUT2D eigenvalue weighted by atomic mass is 9.83. The number of thiophene rings is 1. The molecular formula is C24H24N2O4S. The van der Waals surface area contributed by atoms with Gasteiger partial charge < -0.3 is 15.2 Å². The number of aliphatic hydroxyl groups excluding tert-OH is 1. The molecule has 0 bridgehead atoms. The molecular weight excluding hydrogens is 412 g/mol. The molecule has 2 N–H and O–H groups in total. The molecule has 0 aliphatic carbocycles. The Bertz CT molecular complexity index is 1010. The number of amides is 3. The standard InChI is InChI=1S/C24H24N2O4S/c27-20(16-30-17-21-12-7-13-31-21)15-26-22(28)24(25-23(26)29,19-10-5-2-6-11-19)14-18-8-3-1-4-9-18/h1-13,20,27H,14-17H2,(H,25,29)/t20-,24-/m0/s1. The number of β-amino-alcohol motifs (C(OH)–C–C–N with tert-alkyl or cyclic N) is 1. The van der Waals surface area contributed by atoms with E-state index in [-0.39, 0.29) is 19.1 Å². The third-order valence-electron chi connectivity index (χ3n) is 5.28. The van der Waals surface area contributed by atoms with Crippen LogP contribution >= 0.6 is 11.3 Å². The van der Waals surface area contributed by atoms with E-state index in [1.165, 1.54) is 0 Å². The maximum atomic E-state index is 13.5. The zero-order valence-electron chi connectivity index (χ0n) is 16.9. The molecule has 2 atom stereocenters. The first-order valence-electron chi connectivity index (χ1n) is 10.1. The van der Waals surface area contributed by atoms with Gasteiger partial charge in [-0.05, 0) is 22.6 Å². The van der Waals surface area contributed by atoms with Crippen LogP contribution in [0.25, 0.3) is 0 Å². The van der Waals surface area contributed by atoms with Crippen molar-refractivity contribution >= 4 is 23.3 Å². The van der Waals surface area contributed by atoms with E-state index >= 15 is 0 Å². The Morgan fingerprint density at radius 1 is 1.00 bits per heavy atom. The number of nitrogens with one attached hydrogen (secondary N) is 1. The summed E-state index contributed by atoms with van der Waals surface area (Å²) >= 11 is 1.57. The average molecular weight is 437 g/mol. The summed E-state index contributed by atoms with van der Waals surface area (Å²) in [6.07, 6.45) is -0.651. The largest absolute Gasteiger partial charge is 0.389 e.